The standard InChI is InChI=1S/C15H14Cl2N2/c1-2-6-19-7-5-13-12(9-19)15(17)11-4-3-10(16)8-14(11)18-13/h2-4,8H,1,5-7,9H2. The Morgan fingerprint density at radius 3 is 3.00 bits per heavy atom. The third-order valence-corrected chi connectivity index (χ3v) is 4.17. The molecular weight excluding hydrogens is 279 g/mol. The van der Waals surface area contributed by atoms with Gasteiger partial charge in [-0.25, -0.2) is 0 Å². The van der Waals surface area contributed by atoms with Crippen LogP contribution in [-0.2, 0) is 13.0 Å². The van der Waals surface area contributed by atoms with Gasteiger partial charge in [0.2, 0.25) is 0 Å². The van der Waals surface area contributed by atoms with Crippen molar-refractivity contribution in [3.8, 4) is 0 Å². The maximum absolute atomic E-state index is 6.54. The number of aromatic nitrogens is 1. The van der Waals surface area contributed by atoms with Gasteiger partial charge in [0.05, 0.1) is 10.5 Å². The maximum Gasteiger partial charge on any atom is 0.0735 e. The average Bonchev–Trinajstić information content (AvgIpc) is 2.40. The van der Waals surface area contributed by atoms with Gasteiger partial charge in [0.1, 0.15) is 0 Å². The van der Waals surface area contributed by atoms with E-state index in [1.54, 1.807) is 0 Å². The molecule has 4 heteroatoms. The number of rotatable bonds is 2. The minimum Gasteiger partial charge on any atom is -0.295 e. The van der Waals surface area contributed by atoms with Gasteiger partial charge in [0.15, 0.2) is 0 Å². The van der Waals surface area contributed by atoms with Gasteiger partial charge in [0.25, 0.3) is 0 Å². The summed E-state index contributed by atoms with van der Waals surface area (Å²) in [5.74, 6) is 0. The van der Waals surface area contributed by atoms with Gasteiger partial charge in [-0.3, -0.25) is 9.88 Å². The summed E-state index contributed by atoms with van der Waals surface area (Å²) in [7, 11) is 0. The summed E-state index contributed by atoms with van der Waals surface area (Å²) in [6.07, 6.45) is 2.85. The number of benzene rings is 1. The summed E-state index contributed by atoms with van der Waals surface area (Å²) in [6.45, 7) is 6.50. The van der Waals surface area contributed by atoms with Crippen LogP contribution in [0, 0.1) is 0 Å². The molecule has 19 heavy (non-hydrogen) atoms. The fraction of sp³-hybridized carbons (Fsp3) is 0.267. The highest BCUT2D eigenvalue weighted by atomic mass is 35.5. The molecule has 0 fully saturated rings. The quantitative estimate of drug-likeness (QED) is 0.775. The van der Waals surface area contributed by atoms with E-state index in [4.69, 9.17) is 28.2 Å². The van der Waals surface area contributed by atoms with Crippen LogP contribution in [0.2, 0.25) is 10.0 Å². The predicted octanol–water partition coefficient (Wildman–Crippen LogP) is 4.09. The fourth-order valence-corrected chi connectivity index (χ4v) is 3.05. The molecule has 2 aromatic rings. The highest BCUT2D eigenvalue weighted by molar-refractivity contribution is 6.37. The lowest BCUT2D eigenvalue weighted by atomic mass is 10.0. The van der Waals surface area contributed by atoms with Gasteiger partial charge >= 0.3 is 0 Å². The smallest absolute Gasteiger partial charge is 0.0735 e. The van der Waals surface area contributed by atoms with Crippen molar-refractivity contribution in [2.75, 3.05) is 13.1 Å². The number of hydrogen-bond donors (Lipinski definition) is 0. The zero-order valence-electron chi connectivity index (χ0n) is 10.5. The fourth-order valence-electron chi connectivity index (χ4n) is 2.56. The van der Waals surface area contributed by atoms with Crippen LogP contribution < -0.4 is 0 Å². The Hall–Kier alpha value is -1.09. The highest BCUT2D eigenvalue weighted by Gasteiger charge is 2.21. The molecule has 0 spiro atoms. The SMILES string of the molecule is C=CCN1CCc2nc3cc(Cl)ccc3c(Cl)c2C1. The van der Waals surface area contributed by atoms with E-state index in [1.807, 2.05) is 24.3 Å². The van der Waals surface area contributed by atoms with Crippen LogP contribution in [-0.4, -0.2) is 23.0 Å². The van der Waals surface area contributed by atoms with E-state index in [1.165, 1.54) is 0 Å². The molecule has 98 valence electrons. The second-order valence-corrected chi connectivity index (χ2v) is 5.60. The van der Waals surface area contributed by atoms with E-state index >= 15 is 0 Å². The third kappa shape index (κ3) is 2.36. The Kier molecular flexibility index (Phi) is 3.48. The lowest BCUT2D eigenvalue weighted by Gasteiger charge is -2.28. The highest BCUT2D eigenvalue weighted by Crippen LogP contribution is 2.32. The Morgan fingerprint density at radius 2 is 2.21 bits per heavy atom. The van der Waals surface area contributed by atoms with E-state index < -0.39 is 0 Å². The summed E-state index contributed by atoms with van der Waals surface area (Å²) >= 11 is 12.6. The van der Waals surface area contributed by atoms with Crippen molar-refractivity contribution in [2.24, 2.45) is 0 Å². The largest absolute Gasteiger partial charge is 0.295 e. The van der Waals surface area contributed by atoms with E-state index in [0.717, 1.165) is 53.2 Å². The zero-order chi connectivity index (χ0) is 13.4. The van der Waals surface area contributed by atoms with Crippen molar-refractivity contribution in [1.82, 2.24) is 9.88 Å². The van der Waals surface area contributed by atoms with E-state index in [9.17, 15) is 0 Å². The number of hydrogen-bond acceptors (Lipinski definition) is 2. The van der Waals surface area contributed by atoms with Gasteiger partial charge in [-0.2, -0.15) is 0 Å². The topological polar surface area (TPSA) is 16.1 Å². The Labute approximate surface area is 122 Å². The van der Waals surface area contributed by atoms with Crippen molar-refractivity contribution >= 4 is 34.1 Å². The Balaban J connectivity index is 2.12. The minimum atomic E-state index is 0.695. The summed E-state index contributed by atoms with van der Waals surface area (Å²) in [6, 6.07) is 5.67. The Morgan fingerprint density at radius 1 is 1.37 bits per heavy atom. The normalized spacial score (nSPS) is 15.5. The van der Waals surface area contributed by atoms with Crippen LogP contribution in [0.3, 0.4) is 0 Å². The first-order valence-corrected chi connectivity index (χ1v) is 7.04. The Bertz CT molecular complexity index is 652. The summed E-state index contributed by atoms with van der Waals surface area (Å²) in [5.41, 5.74) is 3.12. The molecule has 0 aliphatic carbocycles. The molecule has 0 amide bonds. The number of nitrogens with zero attached hydrogens (tertiary/aromatic N) is 2. The molecule has 0 saturated carbocycles. The molecule has 0 unspecified atom stereocenters. The van der Waals surface area contributed by atoms with E-state index in [2.05, 4.69) is 11.5 Å². The van der Waals surface area contributed by atoms with Crippen molar-refractivity contribution in [1.29, 1.82) is 0 Å². The predicted molar refractivity (Wildman–Crippen MR) is 80.9 cm³/mol. The maximum atomic E-state index is 6.54. The zero-order valence-corrected chi connectivity index (χ0v) is 12.0. The van der Waals surface area contributed by atoms with Crippen LogP contribution in [0.25, 0.3) is 10.9 Å². The van der Waals surface area contributed by atoms with Gasteiger partial charge in [-0.15, -0.1) is 6.58 Å². The monoisotopic (exact) mass is 292 g/mol. The summed E-state index contributed by atoms with van der Waals surface area (Å²) in [5, 5.41) is 2.48. The molecule has 0 bridgehead atoms. The van der Waals surface area contributed by atoms with Crippen molar-refractivity contribution < 1.29 is 0 Å². The summed E-state index contributed by atoms with van der Waals surface area (Å²) < 4.78 is 0. The molecule has 1 aromatic carbocycles. The lowest BCUT2D eigenvalue weighted by molar-refractivity contribution is 0.280. The van der Waals surface area contributed by atoms with E-state index in [-0.39, 0.29) is 0 Å². The van der Waals surface area contributed by atoms with Crippen LogP contribution in [0.1, 0.15) is 11.3 Å². The second kappa shape index (κ2) is 5.12. The first-order valence-electron chi connectivity index (χ1n) is 6.29. The van der Waals surface area contributed by atoms with Crippen LogP contribution >= 0.6 is 23.2 Å². The van der Waals surface area contributed by atoms with Crippen molar-refractivity contribution in [3.63, 3.8) is 0 Å². The molecule has 0 atom stereocenters. The average molecular weight is 293 g/mol. The molecule has 1 aliphatic rings. The molecular formula is C15H14Cl2N2. The van der Waals surface area contributed by atoms with Gasteiger partial charge in [0, 0.05) is 47.7 Å². The molecule has 3 rings (SSSR count). The molecule has 2 nitrogen and oxygen atoms in total. The van der Waals surface area contributed by atoms with Crippen LogP contribution in [0.15, 0.2) is 30.9 Å². The molecule has 1 aromatic heterocycles. The first kappa shape index (κ1) is 12.9. The van der Waals surface area contributed by atoms with Crippen molar-refractivity contribution in [2.45, 2.75) is 13.0 Å². The van der Waals surface area contributed by atoms with Crippen LogP contribution in [0.5, 0.6) is 0 Å². The number of halogens is 2. The van der Waals surface area contributed by atoms with Crippen LogP contribution in [0.4, 0.5) is 0 Å². The second-order valence-electron chi connectivity index (χ2n) is 4.79. The lowest BCUT2D eigenvalue weighted by Crippen LogP contribution is -2.31. The van der Waals surface area contributed by atoms with E-state index in [0.29, 0.717) is 5.02 Å². The molecule has 0 N–H and O–H groups in total. The van der Waals surface area contributed by atoms with Crippen molar-refractivity contribution in [3.05, 3.63) is 52.2 Å². The molecule has 2 heterocycles. The number of fused-ring (bicyclic) bond motifs is 2. The summed E-state index contributed by atoms with van der Waals surface area (Å²) in [4.78, 5) is 7.03. The third-order valence-electron chi connectivity index (χ3n) is 3.50. The van der Waals surface area contributed by atoms with Gasteiger partial charge in [-0.05, 0) is 18.2 Å². The molecule has 1 aliphatic heterocycles. The first-order chi connectivity index (χ1) is 9.19. The minimum absolute atomic E-state index is 0.695. The molecule has 0 saturated heterocycles. The van der Waals surface area contributed by atoms with Gasteiger partial charge in [-0.1, -0.05) is 29.3 Å². The number of pyridine rings is 1. The molecule has 0 radical (unpaired) electrons. The van der Waals surface area contributed by atoms with Gasteiger partial charge < -0.3 is 0 Å².